The van der Waals surface area contributed by atoms with Crippen LogP contribution in [0.5, 0.6) is 0 Å². The van der Waals surface area contributed by atoms with Gasteiger partial charge in [-0.25, -0.2) is 0 Å². The highest BCUT2D eigenvalue weighted by atomic mass is 35.5. The molecule has 4 nitrogen and oxygen atoms in total. The minimum atomic E-state index is -0.0252. The summed E-state index contributed by atoms with van der Waals surface area (Å²) in [7, 11) is 2.08. The maximum absolute atomic E-state index is 12.6. The van der Waals surface area contributed by atoms with E-state index < -0.39 is 0 Å². The maximum Gasteiger partial charge on any atom is 0.256 e. The Balaban J connectivity index is 2.25. The first-order valence-electron chi connectivity index (χ1n) is 6.53. The Labute approximate surface area is 119 Å². The van der Waals surface area contributed by atoms with Crippen molar-refractivity contribution in [2.45, 2.75) is 19.4 Å². The topological polar surface area (TPSA) is 49.6 Å². The van der Waals surface area contributed by atoms with Gasteiger partial charge in [0.1, 0.15) is 0 Å². The van der Waals surface area contributed by atoms with Crippen LogP contribution < -0.4 is 5.73 Å². The van der Waals surface area contributed by atoms with Gasteiger partial charge in [0, 0.05) is 29.8 Å². The van der Waals surface area contributed by atoms with Crippen LogP contribution in [0.25, 0.3) is 0 Å². The maximum atomic E-state index is 12.6. The van der Waals surface area contributed by atoms with Crippen molar-refractivity contribution < 1.29 is 4.79 Å². The SMILES string of the molecule is CC1CN(C)CCCN1C(=O)c1cc(Cl)ccc1N. The standard InChI is InChI=1S/C14H20ClN3O/c1-10-9-17(2)6-3-7-18(10)14(19)12-8-11(15)4-5-13(12)16/h4-5,8,10H,3,6-7,9,16H2,1-2H3. The first-order valence-corrected chi connectivity index (χ1v) is 6.91. The average molecular weight is 282 g/mol. The minimum absolute atomic E-state index is 0.0252. The highest BCUT2D eigenvalue weighted by Gasteiger charge is 2.26. The van der Waals surface area contributed by atoms with Gasteiger partial charge in [0.2, 0.25) is 0 Å². The molecule has 1 amide bonds. The number of carbonyl (C=O) groups excluding carboxylic acids is 1. The summed E-state index contributed by atoms with van der Waals surface area (Å²) in [5, 5.41) is 0.539. The number of rotatable bonds is 1. The predicted molar refractivity (Wildman–Crippen MR) is 78.5 cm³/mol. The summed E-state index contributed by atoms with van der Waals surface area (Å²) in [5.41, 5.74) is 6.88. The Hall–Kier alpha value is -1.26. The third-order valence-electron chi connectivity index (χ3n) is 3.55. The van der Waals surface area contributed by atoms with Crippen molar-refractivity contribution in [3.8, 4) is 0 Å². The van der Waals surface area contributed by atoms with Crippen molar-refractivity contribution >= 4 is 23.2 Å². The minimum Gasteiger partial charge on any atom is -0.398 e. The van der Waals surface area contributed by atoms with E-state index in [1.54, 1.807) is 18.2 Å². The van der Waals surface area contributed by atoms with Gasteiger partial charge in [-0.2, -0.15) is 0 Å². The van der Waals surface area contributed by atoms with E-state index in [9.17, 15) is 4.79 Å². The molecule has 0 saturated carbocycles. The molecule has 1 heterocycles. The molecule has 2 N–H and O–H groups in total. The number of nitrogens with zero attached hydrogens (tertiary/aromatic N) is 2. The van der Waals surface area contributed by atoms with Crippen molar-refractivity contribution in [3.05, 3.63) is 28.8 Å². The second kappa shape index (κ2) is 5.80. The van der Waals surface area contributed by atoms with Gasteiger partial charge in [0.05, 0.1) is 5.56 Å². The summed E-state index contributed by atoms with van der Waals surface area (Å²) in [5.74, 6) is -0.0252. The van der Waals surface area contributed by atoms with E-state index in [4.69, 9.17) is 17.3 Å². The average Bonchev–Trinajstić information content (AvgIpc) is 2.52. The van der Waals surface area contributed by atoms with Crippen LogP contribution >= 0.6 is 11.6 Å². The van der Waals surface area contributed by atoms with Gasteiger partial charge in [-0.3, -0.25) is 4.79 Å². The number of hydrogen-bond acceptors (Lipinski definition) is 3. The lowest BCUT2D eigenvalue weighted by molar-refractivity contribution is 0.0697. The zero-order valence-electron chi connectivity index (χ0n) is 11.4. The van der Waals surface area contributed by atoms with Crippen molar-refractivity contribution in [2.75, 3.05) is 32.4 Å². The largest absolute Gasteiger partial charge is 0.398 e. The second-order valence-electron chi connectivity index (χ2n) is 5.19. The van der Waals surface area contributed by atoms with Gasteiger partial charge in [0.15, 0.2) is 0 Å². The quantitative estimate of drug-likeness (QED) is 0.802. The number of nitrogens with two attached hydrogens (primary N) is 1. The molecule has 1 aliphatic heterocycles. The van der Waals surface area contributed by atoms with Gasteiger partial charge in [-0.1, -0.05) is 11.6 Å². The van der Waals surface area contributed by atoms with E-state index >= 15 is 0 Å². The van der Waals surface area contributed by atoms with Crippen LogP contribution in [0.1, 0.15) is 23.7 Å². The van der Waals surface area contributed by atoms with Crippen molar-refractivity contribution in [1.29, 1.82) is 0 Å². The lowest BCUT2D eigenvalue weighted by Gasteiger charge is -2.28. The Kier molecular flexibility index (Phi) is 4.32. The predicted octanol–water partition coefficient (Wildman–Crippen LogP) is 2.09. The summed E-state index contributed by atoms with van der Waals surface area (Å²) in [6, 6.07) is 5.22. The first-order chi connectivity index (χ1) is 8.99. The smallest absolute Gasteiger partial charge is 0.256 e. The molecule has 1 aromatic carbocycles. The van der Waals surface area contributed by atoms with Gasteiger partial charge in [-0.05, 0) is 45.1 Å². The lowest BCUT2D eigenvalue weighted by Crippen LogP contribution is -2.42. The van der Waals surface area contributed by atoms with Crippen LogP contribution in [-0.2, 0) is 0 Å². The molecule has 1 saturated heterocycles. The zero-order chi connectivity index (χ0) is 14.0. The molecule has 1 aliphatic rings. The molecular weight excluding hydrogens is 262 g/mol. The Morgan fingerprint density at radius 3 is 2.89 bits per heavy atom. The van der Waals surface area contributed by atoms with Gasteiger partial charge >= 0.3 is 0 Å². The van der Waals surface area contributed by atoms with E-state index in [0.717, 1.165) is 26.1 Å². The lowest BCUT2D eigenvalue weighted by atomic mass is 10.1. The Morgan fingerprint density at radius 2 is 2.16 bits per heavy atom. The first kappa shape index (κ1) is 14.2. The summed E-state index contributed by atoms with van der Waals surface area (Å²) in [6.45, 7) is 4.72. The fraction of sp³-hybridized carbons (Fsp3) is 0.500. The number of halogens is 1. The molecule has 1 atom stereocenters. The molecule has 0 spiro atoms. The van der Waals surface area contributed by atoms with E-state index in [2.05, 4.69) is 18.9 Å². The summed E-state index contributed by atoms with van der Waals surface area (Å²) in [6.07, 6.45) is 0.979. The van der Waals surface area contributed by atoms with Gasteiger partial charge < -0.3 is 15.5 Å². The fourth-order valence-corrected chi connectivity index (χ4v) is 2.71. The highest BCUT2D eigenvalue weighted by molar-refractivity contribution is 6.31. The molecule has 1 fully saturated rings. The number of nitrogen functional groups attached to an aromatic ring is 1. The molecule has 104 valence electrons. The number of carbonyl (C=O) groups is 1. The Bertz CT molecular complexity index is 478. The van der Waals surface area contributed by atoms with E-state index in [0.29, 0.717) is 16.3 Å². The zero-order valence-corrected chi connectivity index (χ0v) is 12.2. The molecule has 19 heavy (non-hydrogen) atoms. The monoisotopic (exact) mass is 281 g/mol. The molecule has 0 aromatic heterocycles. The molecule has 1 aromatic rings. The third-order valence-corrected chi connectivity index (χ3v) is 3.79. The third kappa shape index (κ3) is 3.19. The molecule has 0 aliphatic carbocycles. The van der Waals surface area contributed by atoms with E-state index in [-0.39, 0.29) is 11.9 Å². The van der Waals surface area contributed by atoms with Crippen LogP contribution in [0.2, 0.25) is 5.02 Å². The van der Waals surface area contributed by atoms with Crippen LogP contribution in [0.4, 0.5) is 5.69 Å². The number of hydrogen-bond donors (Lipinski definition) is 1. The molecule has 2 rings (SSSR count). The summed E-state index contributed by atoms with van der Waals surface area (Å²) < 4.78 is 0. The van der Waals surface area contributed by atoms with Crippen molar-refractivity contribution in [1.82, 2.24) is 9.80 Å². The van der Waals surface area contributed by atoms with Gasteiger partial charge in [0.25, 0.3) is 5.91 Å². The number of amides is 1. The van der Waals surface area contributed by atoms with Crippen LogP contribution in [0, 0.1) is 0 Å². The fourth-order valence-electron chi connectivity index (χ4n) is 2.54. The van der Waals surface area contributed by atoms with E-state index in [1.165, 1.54) is 0 Å². The van der Waals surface area contributed by atoms with Crippen molar-refractivity contribution in [2.24, 2.45) is 0 Å². The van der Waals surface area contributed by atoms with Crippen LogP contribution in [0.3, 0.4) is 0 Å². The normalized spacial score (nSPS) is 21.2. The molecular formula is C14H20ClN3O. The van der Waals surface area contributed by atoms with Crippen LogP contribution in [0.15, 0.2) is 18.2 Å². The Morgan fingerprint density at radius 1 is 1.42 bits per heavy atom. The van der Waals surface area contributed by atoms with Gasteiger partial charge in [-0.15, -0.1) is 0 Å². The number of anilines is 1. The number of benzene rings is 1. The highest BCUT2D eigenvalue weighted by Crippen LogP contribution is 2.21. The second-order valence-corrected chi connectivity index (χ2v) is 5.63. The molecule has 0 bridgehead atoms. The molecule has 0 radical (unpaired) electrons. The number of likely N-dealkylation sites (N-methyl/N-ethyl adjacent to an activating group) is 1. The summed E-state index contributed by atoms with van der Waals surface area (Å²) in [4.78, 5) is 16.8. The molecule has 1 unspecified atom stereocenters. The van der Waals surface area contributed by atoms with Crippen molar-refractivity contribution in [3.63, 3.8) is 0 Å². The summed E-state index contributed by atoms with van der Waals surface area (Å²) >= 11 is 5.96. The van der Waals surface area contributed by atoms with Crippen LogP contribution in [-0.4, -0.2) is 48.4 Å². The molecule has 5 heteroatoms. The van der Waals surface area contributed by atoms with E-state index in [1.807, 2.05) is 4.90 Å².